The largest absolute Gasteiger partial charge is 0.342 e. The highest BCUT2D eigenvalue weighted by Gasteiger charge is 2.22. The number of thioether (sulfide) groups is 1. The van der Waals surface area contributed by atoms with Crippen LogP contribution in [0.4, 0.5) is 0 Å². The van der Waals surface area contributed by atoms with E-state index >= 15 is 0 Å². The van der Waals surface area contributed by atoms with Gasteiger partial charge in [0.2, 0.25) is 5.91 Å². The van der Waals surface area contributed by atoms with Crippen molar-refractivity contribution in [2.75, 3.05) is 31.9 Å². The molecular weight excluding hydrogens is 353 g/mol. The topological polar surface area (TPSA) is 45.2 Å². The number of rotatable bonds is 7. The van der Waals surface area contributed by atoms with Crippen LogP contribution >= 0.6 is 36.6 Å². The van der Waals surface area contributed by atoms with Crippen molar-refractivity contribution < 1.29 is 4.79 Å². The third kappa shape index (κ3) is 8.25. The smallest absolute Gasteiger partial charge is 0.232 e. The van der Waals surface area contributed by atoms with Crippen LogP contribution in [-0.2, 0) is 10.5 Å². The highest BCUT2D eigenvalue weighted by molar-refractivity contribution is 7.99. The van der Waals surface area contributed by atoms with Gasteiger partial charge in [-0.05, 0) is 44.0 Å². The van der Waals surface area contributed by atoms with E-state index in [1.165, 1.54) is 0 Å². The average Bonchev–Trinajstić information content (AvgIpc) is 2.54. The number of nitrogens with zero attached hydrogens (tertiary/aromatic N) is 2. The van der Waals surface area contributed by atoms with Crippen molar-refractivity contribution in [3.8, 4) is 0 Å². The van der Waals surface area contributed by atoms with E-state index in [2.05, 4.69) is 17.2 Å². The average molecular weight is 380 g/mol. The molecular formula is C16H27Cl2N3OS. The van der Waals surface area contributed by atoms with Crippen LogP contribution in [0.3, 0.4) is 0 Å². The first-order chi connectivity index (χ1) is 10.3. The summed E-state index contributed by atoms with van der Waals surface area (Å²) >= 11 is 1.66. The zero-order chi connectivity index (χ0) is 14.9. The Kier molecular flexibility index (Phi) is 12.6. The minimum Gasteiger partial charge on any atom is -0.342 e. The maximum absolute atomic E-state index is 12.2. The van der Waals surface area contributed by atoms with Gasteiger partial charge in [-0.1, -0.05) is 13.0 Å². The van der Waals surface area contributed by atoms with Crippen molar-refractivity contribution in [3.05, 3.63) is 30.1 Å². The van der Waals surface area contributed by atoms with Crippen LogP contribution in [0.2, 0.25) is 0 Å². The summed E-state index contributed by atoms with van der Waals surface area (Å²) in [5, 5.41) is 3.40. The van der Waals surface area contributed by atoms with Gasteiger partial charge in [-0.2, -0.15) is 0 Å². The van der Waals surface area contributed by atoms with Gasteiger partial charge in [-0.25, -0.2) is 0 Å². The molecule has 0 aliphatic carbocycles. The summed E-state index contributed by atoms with van der Waals surface area (Å²) in [6, 6.07) is 5.90. The number of amides is 1. The molecule has 7 heteroatoms. The molecule has 0 radical (unpaired) electrons. The van der Waals surface area contributed by atoms with E-state index in [1.807, 2.05) is 23.1 Å². The van der Waals surface area contributed by atoms with Crippen LogP contribution in [0.15, 0.2) is 24.4 Å². The Morgan fingerprint density at radius 1 is 1.35 bits per heavy atom. The molecule has 1 aromatic heterocycles. The molecule has 2 rings (SSSR count). The number of pyridine rings is 1. The number of carbonyl (C=O) groups is 1. The fraction of sp³-hybridized carbons (Fsp3) is 0.625. The molecule has 1 N–H and O–H groups in total. The van der Waals surface area contributed by atoms with Crippen molar-refractivity contribution in [1.29, 1.82) is 0 Å². The first-order valence-corrected chi connectivity index (χ1v) is 8.91. The molecule has 0 aromatic carbocycles. The van der Waals surface area contributed by atoms with Gasteiger partial charge >= 0.3 is 0 Å². The van der Waals surface area contributed by atoms with Crippen molar-refractivity contribution in [1.82, 2.24) is 15.2 Å². The summed E-state index contributed by atoms with van der Waals surface area (Å²) in [5.74, 6) is 2.38. The Balaban J connectivity index is 0.00000242. The Hall–Kier alpha value is -0.490. The molecule has 1 aromatic rings. The minimum atomic E-state index is 0. The van der Waals surface area contributed by atoms with Crippen LogP contribution in [0, 0.1) is 5.92 Å². The summed E-state index contributed by atoms with van der Waals surface area (Å²) in [7, 11) is 0. The van der Waals surface area contributed by atoms with Gasteiger partial charge in [0.15, 0.2) is 0 Å². The summed E-state index contributed by atoms with van der Waals surface area (Å²) in [5.41, 5.74) is 1.04. The highest BCUT2D eigenvalue weighted by Crippen LogP contribution is 2.18. The standard InChI is InChI=1S/C16H25N3OS.2ClH/c1-2-17-11-14-6-9-19(10-7-14)16(20)13-21-12-15-5-3-4-8-18-15;;/h3-5,8,14,17H,2,6-7,9-13H2,1H3;2*1H. The molecule has 2 heterocycles. The van der Waals surface area contributed by atoms with Gasteiger partial charge in [-0.15, -0.1) is 36.6 Å². The maximum atomic E-state index is 12.2. The molecule has 0 saturated carbocycles. The maximum Gasteiger partial charge on any atom is 0.232 e. The minimum absolute atomic E-state index is 0. The van der Waals surface area contributed by atoms with E-state index < -0.39 is 0 Å². The molecule has 1 aliphatic rings. The number of hydrogen-bond acceptors (Lipinski definition) is 4. The van der Waals surface area contributed by atoms with E-state index in [-0.39, 0.29) is 30.7 Å². The zero-order valence-electron chi connectivity index (χ0n) is 13.6. The van der Waals surface area contributed by atoms with E-state index in [9.17, 15) is 4.79 Å². The van der Waals surface area contributed by atoms with Gasteiger partial charge in [0.1, 0.15) is 0 Å². The fourth-order valence-electron chi connectivity index (χ4n) is 2.55. The second-order valence-electron chi connectivity index (χ2n) is 5.45. The van der Waals surface area contributed by atoms with Crippen LogP contribution in [0.1, 0.15) is 25.5 Å². The molecule has 4 nitrogen and oxygen atoms in total. The van der Waals surface area contributed by atoms with Crippen LogP contribution in [0.25, 0.3) is 0 Å². The molecule has 1 saturated heterocycles. The van der Waals surface area contributed by atoms with Crippen molar-refractivity contribution >= 4 is 42.5 Å². The number of hydrogen-bond donors (Lipinski definition) is 1. The summed E-state index contributed by atoms with van der Waals surface area (Å²) < 4.78 is 0. The monoisotopic (exact) mass is 379 g/mol. The molecule has 0 unspecified atom stereocenters. The number of aromatic nitrogens is 1. The molecule has 1 fully saturated rings. The lowest BCUT2D eigenvalue weighted by Crippen LogP contribution is -2.41. The van der Waals surface area contributed by atoms with Gasteiger partial charge in [0.05, 0.1) is 11.4 Å². The van der Waals surface area contributed by atoms with Gasteiger partial charge in [-0.3, -0.25) is 9.78 Å². The number of carbonyl (C=O) groups excluding carboxylic acids is 1. The Morgan fingerprint density at radius 2 is 2.09 bits per heavy atom. The van der Waals surface area contributed by atoms with Gasteiger partial charge < -0.3 is 10.2 Å². The van der Waals surface area contributed by atoms with E-state index in [0.717, 1.165) is 56.4 Å². The number of likely N-dealkylation sites (tertiary alicyclic amines) is 1. The lowest BCUT2D eigenvalue weighted by atomic mass is 9.97. The lowest BCUT2D eigenvalue weighted by Gasteiger charge is -2.32. The normalized spacial score (nSPS) is 14.7. The third-order valence-electron chi connectivity index (χ3n) is 3.85. The predicted molar refractivity (Wildman–Crippen MR) is 103 cm³/mol. The van der Waals surface area contributed by atoms with E-state index in [4.69, 9.17) is 0 Å². The van der Waals surface area contributed by atoms with E-state index in [0.29, 0.717) is 5.75 Å². The zero-order valence-corrected chi connectivity index (χ0v) is 16.0. The molecule has 0 atom stereocenters. The number of nitrogens with one attached hydrogen (secondary N) is 1. The Labute approximate surface area is 156 Å². The second-order valence-corrected chi connectivity index (χ2v) is 6.43. The van der Waals surface area contributed by atoms with Crippen molar-refractivity contribution in [2.24, 2.45) is 5.92 Å². The first kappa shape index (κ1) is 22.5. The van der Waals surface area contributed by atoms with E-state index in [1.54, 1.807) is 18.0 Å². The summed E-state index contributed by atoms with van der Waals surface area (Å²) in [4.78, 5) is 18.5. The molecule has 1 amide bonds. The highest BCUT2D eigenvalue weighted by atomic mass is 35.5. The molecule has 23 heavy (non-hydrogen) atoms. The lowest BCUT2D eigenvalue weighted by molar-refractivity contribution is -0.129. The van der Waals surface area contributed by atoms with Crippen molar-refractivity contribution in [3.63, 3.8) is 0 Å². The van der Waals surface area contributed by atoms with Crippen LogP contribution in [0.5, 0.6) is 0 Å². The molecule has 132 valence electrons. The third-order valence-corrected chi connectivity index (χ3v) is 4.80. The van der Waals surface area contributed by atoms with Crippen molar-refractivity contribution in [2.45, 2.75) is 25.5 Å². The summed E-state index contributed by atoms with van der Waals surface area (Å²) in [6.07, 6.45) is 4.06. The summed E-state index contributed by atoms with van der Waals surface area (Å²) in [6.45, 7) is 6.09. The van der Waals surface area contributed by atoms with Crippen LogP contribution < -0.4 is 5.32 Å². The van der Waals surface area contributed by atoms with Gasteiger partial charge in [0, 0.05) is 25.0 Å². The first-order valence-electron chi connectivity index (χ1n) is 7.75. The SMILES string of the molecule is CCNCC1CCN(C(=O)CSCc2ccccn2)CC1.Cl.Cl. The molecule has 0 bridgehead atoms. The number of halogens is 2. The quantitative estimate of drug-likeness (QED) is 0.790. The molecule has 0 spiro atoms. The number of piperidine rings is 1. The van der Waals surface area contributed by atoms with Gasteiger partial charge in [0.25, 0.3) is 0 Å². The predicted octanol–water partition coefficient (Wildman–Crippen LogP) is 3.01. The fourth-order valence-corrected chi connectivity index (χ4v) is 3.39. The molecule has 1 aliphatic heterocycles. The Morgan fingerprint density at radius 3 is 2.70 bits per heavy atom. The Bertz CT molecular complexity index is 429. The second kappa shape index (κ2) is 12.9. The van der Waals surface area contributed by atoms with Crippen LogP contribution in [-0.4, -0.2) is 47.7 Å².